The molecule has 3 nitrogen and oxygen atoms in total. The maximum Gasteiger partial charge on any atom is 0.283 e. The van der Waals surface area contributed by atoms with E-state index in [1.807, 2.05) is 6.07 Å². The van der Waals surface area contributed by atoms with Crippen molar-refractivity contribution < 1.29 is 8.42 Å². The Morgan fingerprint density at radius 3 is 2.16 bits per heavy atom. The second-order valence-electron chi connectivity index (χ2n) is 3.68. The van der Waals surface area contributed by atoms with Crippen LogP contribution in [0.1, 0.15) is 5.56 Å². The molecule has 0 aromatic heterocycles. The number of rotatable bonds is 3. The summed E-state index contributed by atoms with van der Waals surface area (Å²) in [6, 6.07) is 15.2. The summed E-state index contributed by atoms with van der Waals surface area (Å²) in [6.07, 6.45) is 0. The third kappa shape index (κ3) is 3.77. The van der Waals surface area contributed by atoms with Crippen molar-refractivity contribution >= 4 is 49.4 Å². The monoisotopic (exact) mass is 405 g/mol. The second-order valence-corrected chi connectivity index (χ2v) is 6.88. The molecule has 6 heteroatoms. The van der Waals surface area contributed by atoms with Crippen molar-refractivity contribution in [3.05, 3.63) is 63.7 Å². The molecule has 98 valence electrons. The lowest BCUT2D eigenvalue weighted by Crippen LogP contribution is -2.01. The molecular weight excluding hydrogens is 397 g/mol. The molecule has 0 fully saturated rings. The van der Waals surface area contributed by atoms with Crippen LogP contribution < -0.4 is 0 Å². The molecule has 2 aromatic carbocycles. The molecule has 0 saturated heterocycles. The van der Waals surface area contributed by atoms with E-state index in [2.05, 4.69) is 27.0 Å². The normalized spacial score (nSPS) is 12.4. The first-order chi connectivity index (χ1) is 8.99. The average molecular weight is 406 g/mol. The Kier molecular flexibility index (Phi) is 4.59. The minimum atomic E-state index is -3.77. The smallest absolute Gasteiger partial charge is 0.199 e. The summed E-state index contributed by atoms with van der Waals surface area (Å²) in [4.78, 5) is 0.127. The van der Waals surface area contributed by atoms with Gasteiger partial charge in [0.25, 0.3) is 10.0 Å². The van der Waals surface area contributed by atoms with Crippen LogP contribution in [-0.2, 0) is 10.0 Å². The summed E-state index contributed by atoms with van der Waals surface area (Å²) in [5.74, 6) is 0. The predicted octanol–water partition coefficient (Wildman–Crippen LogP) is 3.67. The first-order valence-electron chi connectivity index (χ1n) is 5.30. The molecule has 0 aliphatic carbocycles. The van der Waals surface area contributed by atoms with Crippen LogP contribution in [0.5, 0.6) is 0 Å². The van der Waals surface area contributed by atoms with Gasteiger partial charge in [0, 0.05) is 9.13 Å². The molecule has 0 aliphatic heterocycles. The lowest BCUT2D eigenvalue weighted by atomic mass is 10.2. The van der Waals surface area contributed by atoms with Crippen LogP contribution in [0.3, 0.4) is 0 Å². The van der Waals surface area contributed by atoms with E-state index in [1.165, 1.54) is 12.1 Å². The summed E-state index contributed by atoms with van der Waals surface area (Å²) >= 11 is 8.04. The van der Waals surface area contributed by atoms with Gasteiger partial charge in [-0.2, -0.15) is 8.42 Å². The van der Waals surface area contributed by atoms with Gasteiger partial charge in [-0.15, -0.1) is 4.40 Å². The van der Waals surface area contributed by atoms with Gasteiger partial charge < -0.3 is 0 Å². The molecule has 0 unspecified atom stereocenters. The zero-order chi connectivity index (χ0) is 13.9. The second kappa shape index (κ2) is 6.02. The molecule has 0 aliphatic rings. The minimum Gasteiger partial charge on any atom is -0.199 e. The van der Waals surface area contributed by atoms with Crippen molar-refractivity contribution in [2.45, 2.75) is 4.90 Å². The van der Waals surface area contributed by atoms with Gasteiger partial charge in [0.1, 0.15) is 5.17 Å². The Morgan fingerprint density at radius 2 is 1.58 bits per heavy atom. The third-order valence-electron chi connectivity index (χ3n) is 2.32. The van der Waals surface area contributed by atoms with Crippen LogP contribution in [0.15, 0.2) is 63.9 Å². The van der Waals surface area contributed by atoms with Crippen LogP contribution in [0, 0.1) is 3.57 Å². The topological polar surface area (TPSA) is 46.5 Å². The molecule has 0 atom stereocenters. The van der Waals surface area contributed by atoms with E-state index in [0.29, 0.717) is 5.56 Å². The van der Waals surface area contributed by atoms with Gasteiger partial charge in [-0.25, -0.2) is 0 Å². The average Bonchev–Trinajstić information content (AvgIpc) is 2.40. The zero-order valence-corrected chi connectivity index (χ0v) is 13.4. The largest absolute Gasteiger partial charge is 0.283 e. The highest BCUT2D eigenvalue weighted by Gasteiger charge is 2.14. The minimum absolute atomic E-state index is 0.0425. The van der Waals surface area contributed by atoms with Crippen molar-refractivity contribution in [2.24, 2.45) is 4.40 Å². The standard InChI is InChI=1S/C13H9ClINO2S/c14-13(10-4-2-1-3-5-10)16-19(17,18)12-8-6-11(15)7-9-12/h1-9H/b16-13+. The maximum absolute atomic E-state index is 12.1. The van der Waals surface area contributed by atoms with E-state index in [4.69, 9.17) is 11.6 Å². The third-order valence-corrected chi connectivity index (χ3v) is 4.74. The Bertz CT molecular complexity index is 697. The molecule has 0 saturated carbocycles. The van der Waals surface area contributed by atoms with Crippen LogP contribution in [-0.4, -0.2) is 13.6 Å². The van der Waals surface area contributed by atoms with Crippen molar-refractivity contribution in [3.8, 4) is 0 Å². The SMILES string of the molecule is O=S(=O)(/N=C(/Cl)c1ccccc1)c1ccc(I)cc1. The van der Waals surface area contributed by atoms with Crippen molar-refractivity contribution in [3.63, 3.8) is 0 Å². The Hall–Kier alpha value is -0.920. The fraction of sp³-hybridized carbons (Fsp3) is 0. The van der Waals surface area contributed by atoms with Crippen LogP contribution in [0.4, 0.5) is 0 Å². The molecule has 0 bridgehead atoms. The number of hydrogen-bond donors (Lipinski definition) is 0. The van der Waals surface area contributed by atoms with Crippen molar-refractivity contribution in [1.82, 2.24) is 0 Å². The Morgan fingerprint density at radius 1 is 1.00 bits per heavy atom. The van der Waals surface area contributed by atoms with Gasteiger partial charge in [-0.05, 0) is 46.9 Å². The molecular formula is C13H9ClINO2S. The Labute approximate surface area is 130 Å². The van der Waals surface area contributed by atoms with E-state index in [9.17, 15) is 8.42 Å². The van der Waals surface area contributed by atoms with Crippen molar-refractivity contribution in [2.75, 3.05) is 0 Å². The molecule has 2 aromatic rings. The van der Waals surface area contributed by atoms with Gasteiger partial charge in [-0.1, -0.05) is 41.9 Å². The molecule has 0 spiro atoms. The molecule has 0 amide bonds. The van der Waals surface area contributed by atoms with Crippen LogP contribution in [0.2, 0.25) is 0 Å². The van der Waals surface area contributed by atoms with Gasteiger partial charge in [0.2, 0.25) is 0 Å². The van der Waals surface area contributed by atoms with E-state index < -0.39 is 10.0 Å². The fourth-order valence-electron chi connectivity index (χ4n) is 1.39. The maximum atomic E-state index is 12.1. The molecule has 2 rings (SSSR count). The number of sulfonamides is 1. The summed E-state index contributed by atoms with van der Waals surface area (Å²) in [6.45, 7) is 0. The summed E-state index contributed by atoms with van der Waals surface area (Å²) in [5, 5.41) is -0.0425. The summed E-state index contributed by atoms with van der Waals surface area (Å²) < 4.78 is 28.7. The van der Waals surface area contributed by atoms with Crippen molar-refractivity contribution in [1.29, 1.82) is 0 Å². The van der Waals surface area contributed by atoms with Crippen LogP contribution in [0.25, 0.3) is 0 Å². The highest BCUT2D eigenvalue weighted by atomic mass is 127. The van der Waals surface area contributed by atoms with Gasteiger partial charge in [0.15, 0.2) is 0 Å². The molecule has 0 heterocycles. The van der Waals surface area contributed by atoms with Crippen LogP contribution >= 0.6 is 34.2 Å². The summed E-state index contributed by atoms with van der Waals surface area (Å²) in [5.41, 5.74) is 0.568. The number of halogens is 2. The number of nitrogens with zero attached hydrogens (tertiary/aromatic N) is 1. The Balaban J connectivity index is 2.39. The fourth-order valence-corrected chi connectivity index (χ4v) is 3.05. The van der Waals surface area contributed by atoms with E-state index in [1.54, 1.807) is 36.4 Å². The lowest BCUT2D eigenvalue weighted by molar-refractivity contribution is 0.598. The summed E-state index contributed by atoms with van der Waals surface area (Å²) in [7, 11) is -3.77. The quantitative estimate of drug-likeness (QED) is 0.578. The highest BCUT2D eigenvalue weighted by Crippen LogP contribution is 2.17. The van der Waals surface area contributed by atoms with E-state index in [0.717, 1.165) is 3.57 Å². The zero-order valence-electron chi connectivity index (χ0n) is 9.62. The molecule has 0 N–H and O–H groups in total. The lowest BCUT2D eigenvalue weighted by Gasteiger charge is -2.01. The number of benzene rings is 2. The predicted molar refractivity (Wildman–Crippen MR) is 85.2 cm³/mol. The van der Waals surface area contributed by atoms with Gasteiger partial charge >= 0.3 is 0 Å². The number of hydrogen-bond acceptors (Lipinski definition) is 2. The van der Waals surface area contributed by atoms with Gasteiger partial charge in [0.05, 0.1) is 4.90 Å². The highest BCUT2D eigenvalue weighted by molar-refractivity contribution is 14.1. The van der Waals surface area contributed by atoms with E-state index >= 15 is 0 Å². The first-order valence-corrected chi connectivity index (χ1v) is 8.20. The molecule has 19 heavy (non-hydrogen) atoms. The molecule has 0 radical (unpaired) electrons. The van der Waals surface area contributed by atoms with Gasteiger partial charge in [-0.3, -0.25) is 0 Å². The first kappa shape index (κ1) is 14.5. The van der Waals surface area contributed by atoms with E-state index in [-0.39, 0.29) is 10.1 Å².